The molecule has 1 aromatic carbocycles. The molecule has 0 bridgehead atoms. The highest BCUT2D eigenvalue weighted by Gasteiger charge is 2.04. The number of alkyl halides is 1. The summed E-state index contributed by atoms with van der Waals surface area (Å²) in [6.45, 7) is 2.99. The van der Waals surface area contributed by atoms with Gasteiger partial charge >= 0.3 is 0 Å². The van der Waals surface area contributed by atoms with E-state index < -0.39 is 0 Å². The minimum atomic E-state index is 0.468. The van der Waals surface area contributed by atoms with Gasteiger partial charge in [-0.1, -0.05) is 45.1 Å². The lowest BCUT2D eigenvalue weighted by atomic mass is 10.1. The predicted octanol–water partition coefficient (Wildman–Crippen LogP) is 5.17. The van der Waals surface area contributed by atoms with Crippen LogP contribution in [0.1, 0.15) is 51.0 Å². The van der Waals surface area contributed by atoms with Crippen molar-refractivity contribution in [2.75, 3.05) is 13.7 Å². The van der Waals surface area contributed by atoms with Crippen LogP contribution in [0.2, 0.25) is 0 Å². The average Bonchev–Trinajstić information content (AvgIpc) is 2.46. The molecule has 0 amide bonds. The normalized spacial score (nSPS) is 10.5. The van der Waals surface area contributed by atoms with Gasteiger partial charge in [0.25, 0.3) is 0 Å². The van der Waals surface area contributed by atoms with Crippen LogP contribution < -0.4 is 9.47 Å². The second-order valence-electron chi connectivity index (χ2n) is 4.72. The summed E-state index contributed by atoms with van der Waals surface area (Å²) in [6, 6.07) is 5.78. The molecule has 0 aromatic heterocycles. The zero-order chi connectivity index (χ0) is 13.9. The highest BCUT2D eigenvalue weighted by Crippen LogP contribution is 2.26. The van der Waals surface area contributed by atoms with Crippen LogP contribution in [0, 0.1) is 0 Å². The largest absolute Gasteiger partial charge is 0.497 e. The smallest absolute Gasteiger partial charge is 0.127 e. The molecular formula is C16H25ClO2. The second-order valence-corrected chi connectivity index (χ2v) is 4.99. The summed E-state index contributed by atoms with van der Waals surface area (Å²) in [4.78, 5) is 0. The summed E-state index contributed by atoms with van der Waals surface area (Å²) < 4.78 is 11.0. The van der Waals surface area contributed by atoms with Crippen LogP contribution in [-0.4, -0.2) is 13.7 Å². The van der Waals surface area contributed by atoms with E-state index in [0.29, 0.717) is 5.88 Å². The topological polar surface area (TPSA) is 18.5 Å². The summed E-state index contributed by atoms with van der Waals surface area (Å²) >= 11 is 5.90. The molecule has 0 spiro atoms. The van der Waals surface area contributed by atoms with Gasteiger partial charge in [-0.15, -0.1) is 11.6 Å². The summed E-state index contributed by atoms with van der Waals surface area (Å²) in [6.07, 6.45) is 7.61. The Bertz CT molecular complexity index is 353. The molecule has 0 heterocycles. The Morgan fingerprint density at radius 3 is 2.47 bits per heavy atom. The fraction of sp³-hybridized carbons (Fsp3) is 0.625. The van der Waals surface area contributed by atoms with Crippen molar-refractivity contribution in [2.45, 2.75) is 51.3 Å². The van der Waals surface area contributed by atoms with Crippen LogP contribution in [0.15, 0.2) is 18.2 Å². The predicted molar refractivity (Wildman–Crippen MR) is 81.4 cm³/mol. The third-order valence-electron chi connectivity index (χ3n) is 3.17. The number of ether oxygens (including phenoxy) is 2. The first-order valence-electron chi connectivity index (χ1n) is 7.17. The Morgan fingerprint density at radius 2 is 1.79 bits per heavy atom. The van der Waals surface area contributed by atoms with E-state index in [-0.39, 0.29) is 0 Å². The molecule has 3 heteroatoms. The quantitative estimate of drug-likeness (QED) is 0.436. The number of hydrogen-bond donors (Lipinski definition) is 0. The molecule has 0 fully saturated rings. The molecule has 0 aliphatic carbocycles. The average molecular weight is 285 g/mol. The van der Waals surface area contributed by atoms with Crippen LogP contribution >= 0.6 is 11.6 Å². The third-order valence-corrected chi connectivity index (χ3v) is 3.46. The summed E-state index contributed by atoms with van der Waals surface area (Å²) in [5, 5.41) is 0. The molecular weight excluding hydrogens is 260 g/mol. The molecule has 0 aliphatic heterocycles. The van der Waals surface area contributed by atoms with Gasteiger partial charge in [0.1, 0.15) is 11.5 Å². The molecule has 1 rings (SSSR count). The van der Waals surface area contributed by atoms with Gasteiger partial charge in [0.05, 0.1) is 19.6 Å². The second kappa shape index (κ2) is 9.96. The molecule has 19 heavy (non-hydrogen) atoms. The fourth-order valence-electron chi connectivity index (χ4n) is 1.97. The van der Waals surface area contributed by atoms with Gasteiger partial charge in [0, 0.05) is 11.6 Å². The molecule has 0 saturated carbocycles. The zero-order valence-corrected chi connectivity index (χ0v) is 12.8. The van der Waals surface area contributed by atoms with Gasteiger partial charge in [-0.3, -0.25) is 0 Å². The Labute approximate surface area is 122 Å². The van der Waals surface area contributed by atoms with E-state index in [4.69, 9.17) is 21.1 Å². The standard InChI is InChI=1S/C16H25ClO2/c1-3-4-5-6-7-8-11-19-16-12-15(18-2)10-9-14(16)13-17/h9-10,12H,3-8,11,13H2,1-2H3. The van der Waals surface area contributed by atoms with Crippen molar-refractivity contribution in [3.8, 4) is 11.5 Å². The molecule has 1 aromatic rings. The van der Waals surface area contributed by atoms with Crippen LogP contribution in [0.5, 0.6) is 11.5 Å². The minimum absolute atomic E-state index is 0.468. The van der Waals surface area contributed by atoms with Gasteiger partial charge in [0.15, 0.2) is 0 Å². The van der Waals surface area contributed by atoms with E-state index in [1.807, 2.05) is 18.2 Å². The molecule has 0 atom stereocenters. The van der Waals surface area contributed by atoms with Crippen molar-refractivity contribution >= 4 is 11.6 Å². The van der Waals surface area contributed by atoms with Gasteiger partial charge in [0.2, 0.25) is 0 Å². The van der Waals surface area contributed by atoms with Gasteiger partial charge in [-0.05, 0) is 12.5 Å². The molecule has 0 N–H and O–H groups in total. The van der Waals surface area contributed by atoms with Crippen molar-refractivity contribution in [3.63, 3.8) is 0 Å². The Balaban J connectivity index is 2.31. The van der Waals surface area contributed by atoms with Crippen LogP contribution in [0.25, 0.3) is 0 Å². The highest BCUT2D eigenvalue weighted by molar-refractivity contribution is 6.17. The number of methoxy groups -OCH3 is 1. The van der Waals surface area contributed by atoms with Crippen molar-refractivity contribution in [3.05, 3.63) is 23.8 Å². The van der Waals surface area contributed by atoms with E-state index in [1.54, 1.807) is 7.11 Å². The maximum atomic E-state index is 5.90. The molecule has 0 unspecified atom stereocenters. The highest BCUT2D eigenvalue weighted by atomic mass is 35.5. The lowest BCUT2D eigenvalue weighted by molar-refractivity contribution is 0.300. The number of halogens is 1. The number of hydrogen-bond acceptors (Lipinski definition) is 2. The fourth-order valence-corrected chi connectivity index (χ4v) is 2.19. The van der Waals surface area contributed by atoms with Crippen molar-refractivity contribution in [1.29, 1.82) is 0 Å². The first-order valence-corrected chi connectivity index (χ1v) is 7.71. The van der Waals surface area contributed by atoms with E-state index >= 15 is 0 Å². The molecule has 0 saturated heterocycles. The SMILES string of the molecule is CCCCCCCCOc1cc(OC)ccc1CCl. The summed E-state index contributed by atoms with van der Waals surface area (Å²) in [5.74, 6) is 2.13. The monoisotopic (exact) mass is 284 g/mol. The number of rotatable bonds is 10. The Morgan fingerprint density at radius 1 is 1.05 bits per heavy atom. The Hall–Kier alpha value is -0.890. The number of unbranched alkanes of at least 4 members (excludes halogenated alkanes) is 5. The lowest BCUT2D eigenvalue weighted by Crippen LogP contribution is -2.00. The van der Waals surface area contributed by atoms with Crippen molar-refractivity contribution < 1.29 is 9.47 Å². The lowest BCUT2D eigenvalue weighted by Gasteiger charge is -2.11. The molecule has 0 aliphatic rings. The minimum Gasteiger partial charge on any atom is -0.497 e. The van der Waals surface area contributed by atoms with Crippen LogP contribution in [-0.2, 0) is 5.88 Å². The maximum absolute atomic E-state index is 5.90. The molecule has 108 valence electrons. The van der Waals surface area contributed by atoms with E-state index in [1.165, 1.54) is 32.1 Å². The van der Waals surface area contributed by atoms with E-state index in [2.05, 4.69) is 6.92 Å². The zero-order valence-electron chi connectivity index (χ0n) is 12.1. The number of benzene rings is 1. The van der Waals surface area contributed by atoms with E-state index in [9.17, 15) is 0 Å². The van der Waals surface area contributed by atoms with Gasteiger partial charge in [-0.25, -0.2) is 0 Å². The molecule has 0 radical (unpaired) electrons. The van der Waals surface area contributed by atoms with Crippen LogP contribution in [0.3, 0.4) is 0 Å². The molecule has 2 nitrogen and oxygen atoms in total. The van der Waals surface area contributed by atoms with Crippen LogP contribution in [0.4, 0.5) is 0 Å². The Kier molecular flexibility index (Phi) is 8.48. The van der Waals surface area contributed by atoms with E-state index in [0.717, 1.165) is 30.1 Å². The third kappa shape index (κ3) is 6.20. The summed E-state index contributed by atoms with van der Waals surface area (Å²) in [7, 11) is 1.66. The van der Waals surface area contributed by atoms with Gasteiger partial charge in [-0.2, -0.15) is 0 Å². The maximum Gasteiger partial charge on any atom is 0.127 e. The first kappa shape index (κ1) is 16.2. The van der Waals surface area contributed by atoms with Crippen molar-refractivity contribution in [2.24, 2.45) is 0 Å². The summed E-state index contributed by atoms with van der Waals surface area (Å²) in [5.41, 5.74) is 1.02. The van der Waals surface area contributed by atoms with Gasteiger partial charge < -0.3 is 9.47 Å². The first-order chi connectivity index (χ1) is 9.31. The van der Waals surface area contributed by atoms with Crippen molar-refractivity contribution in [1.82, 2.24) is 0 Å².